The first-order valence-corrected chi connectivity index (χ1v) is 7.78. The molecule has 2 aromatic heterocycles. The van der Waals surface area contributed by atoms with Crippen LogP contribution in [0.2, 0.25) is 0 Å². The Labute approximate surface area is 126 Å². The molecule has 1 saturated heterocycles. The first-order chi connectivity index (χ1) is 10.3. The normalized spacial score (nSPS) is 16.2. The minimum atomic E-state index is -0.122. The van der Waals surface area contributed by atoms with E-state index in [1.807, 2.05) is 12.1 Å². The number of anilines is 1. The summed E-state index contributed by atoms with van der Waals surface area (Å²) in [6, 6.07) is 3.77. The fourth-order valence-electron chi connectivity index (χ4n) is 2.35. The van der Waals surface area contributed by atoms with E-state index >= 15 is 0 Å². The molecule has 1 amide bonds. The monoisotopic (exact) mass is 306 g/mol. The molecular formula is C14H18N4O2S. The molecule has 3 rings (SSSR count). The van der Waals surface area contributed by atoms with Crippen molar-refractivity contribution in [2.24, 2.45) is 0 Å². The van der Waals surface area contributed by atoms with Gasteiger partial charge in [-0.2, -0.15) is 0 Å². The molecule has 3 N–H and O–H groups in total. The Morgan fingerprint density at radius 1 is 1.48 bits per heavy atom. The summed E-state index contributed by atoms with van der Waals surface area (Å²) >= 11 is 1.38. The third-order valence-corrected chi connectivity index (χ3v) is 4.66. The van der Waals surface area contributed by atoms with Crippen LogP contribution in [0, 0.1) is 0 Å². The number of amides is 1. The summed E-state index contributed by atoms with van der Waals surface area (Å²) in [7, 11) is 0. The maximum Gasteiger partial charge on any atom is 0.263 e. The van der Waals surface area contributed by atoms with Crippen molar-refractivity contribution >= 4 is 33.1 Å². The number of ether oxygens (including phenoxy) is 1. The SMILES string of the molecule is Nc1c(C(=O)NCCN2CCOCC2)sc2cccnc12. The van der Waals surface area contributed by atoms with Crippen molar-refractivity contribution in [2.75, 3.05) is 45.1 Å². The minimum Gasteiger partial charge on any atom is -0.396 e. The van der Waals surface area contributed by atoms with E-state index in [0.29, 0.717) is 22.6 Å². The molecule has 1 fully saturated rings. The van der Waals surface area contributed by atoms with Gasteiger partial charge in [0.2, 0.25) is 0 Å². The van der Waals surface area contributed by atoms with Gasteiger partial charge in [-0.1, -0.05) is 0 Å². The molecule has 3 heterocycles. The number of hydrogen-bond acceptors (Lipinski definition) is 6. The molecule has 112 valence electrons. The number of aromatic nitrogens is 1. The van der Waals surface area contributed by atoms with Crippen LogP contribution < -0.4 is 11.1 Å². The Hall–Kier alpha value is -1.70. The fraction of sp³-hybridized carbons (Fsp3) is 0.429. The number of nitrogens with two attached hydrogens (primary N) is 1. The summed E-state index contributed by atoms with van der Waals surface area (Å²) in [5.74, 6) is -0.122. The topological polar surface area (TPSA) is 80.5 Å². The van der Waals surface area contributed by atoms with Crippen LogP contribution in [0.3, 0.4) is 0 Å². The number of fused-ring (bicyclic) bond motifs is 1. The van der Waals surface area contributed by atoms with E-state index in [1.54, 1.807) is 6.20 Å². The van der Waals surface area contributed by atoms with Crippen molar-refractivity contribution in [3.05, 3.63) is 23.2 Å². The first kappa shape index (κ1) is 14.2. The van der Waals surface area contributed by atoms with Crippen LogP contribution in [0.5, 0.6) is 0 Å². The van der Waals surface area contributed by atoms with Crippen LogP contribution in [-0.2, 0) is 4.74 Å². The molecule has 0 radical (unpaired) electrons. The molecular weight excluding hydrogens is 288 g/mol. The zero-order valence-electron chi connectivity index (χ0n) is 11.7. The zero-order chi connectivity index (χ0) is 14.7. The molecule has 21 heavy (non-hydrogen) atoms. The molecule has 0 unspecified atom stereocenters. The molecule has 0 spiro atoms. The second-order valence-corrected chi connectivity index (χ2v) is 5.96. The number of nitrogens with one attached hydrogen (secondary N) is 1. The number of hydrogen-bond donors (Lipinski definition) is 2. The molecule has 7 heteroatoms. The molecule has 6 nitrogen and oxygen atoms in total. The Kier molecular flexibility index (Phi) is 4.33. The number of nitrogens with zero attached hydrogens (tertiary/aromatic N) is 2. The van der Waals surface area contributed by atoms with Gasteiger partial charge in [0.25, 0.3) is 5.91 Å². The standard InChI is InChI=1S/C14H18N4O2S/c15-11-12-10(2-1-3-16-12)21-13(11)14(19)17-4-5-18-6-8-20-9-7-18/h1-3H,4-9,15H2,(H,17,19). The van der Waals surface area contributed by atoms with E-state index in [-0.39, 0.29) is 5.91 Å². The molecule has 1 aliphatic rings. The van der Waals surface area contributed by atoms with Crippen molar-refractivity contribution in [3.8, 4) is 0 Å². The van der Waals surface area contributed by atoms with E-state index in [2.05, 4.69) is 15.2 Å². The maximum absolute atomic E-state index is 12.2. The highest BCUT2D eigenvalue weighted by Gasteiger charge is 2.17. The van der Waals surface area contributed by atoms with Gasteiger partial charge in [-0.25, -0.2) is 0 Å². The number of pyridine rings is 1. The number of nitrogen functional groups attached to an aromatic ring is 1. The first-order valence-electron chi connectivity index (χ1n) is 6.97. The van der Waals surface area contributed by atoms with Gasteiger partial charge in [0, 0.05) is 32.4 Å². The molecule has 0 aromatic carbocycles. The summed E-state index contributed by atoms with van der Waals surface area (Å²) in [5, 5.41) is 2.93. The highest BCUT2D eigenvalue weighted by molar-refractivity contribution is 7.21. The van der Waals surface area contributed by atoms with Crippen LogP contribution in [-0.4, -0.2) is 55.2 Å². The molecule has 0 bridgehead atoms. The highest BCUT2D eigenvalue weighted by atomic mass is 32.1. The van der Waals surface area contributed by atoms with Gasteiger partial charge in [0.1, 0.15) is 10.4 Å². The lowest BCUT2D eigenvalue weighted by molar-refractivity contribution is 0.0383. The summed E-state index contributed by atoms with van der Waals surface area (Å²) in [5.41, 5.74) is 7.20. The van der Waals surface area contributed by atoms with Crippen molar-refractivity contribution in [1.82, 2.24) is 15.2 Å². The lowest BCUT2D eigenvalue weighted by atomic mass is 10.3. The number of carbonyl (C=O) groups excluding carboxylic acids is 1. The van der Waals surface area contributed by atoms with Crippen LogP contribution >= 0.6 is 11.3 Å². The third kappa shape index (κ3) is 3.15. The predicted molar refractivity (Wildman–Crippen MR) is 83.6 cm³/mol. The van der Waals surface area contributed by atoms with Gasteiger partial charge in [-0.05, 0) is 12.1 Å². The largest absolute Gasteiger partial charge is 0.396 e. The van der Waals surface area contributed by atoms with Gasteiger partial charge in [0.05, 0.1) is 23.6 Å². The van der Waals surface area contributed by atoms with Crippen LogP contribution in [0.4, 0.5) is 5.69 Å². The average molecular weight is 306 g/mol. The third-order valence-electron chi connectivity index (χ3n) is 3.51. The van der Waals surface area contributed by atoms with Crippen molar-refractivity contribution in [2.45, 2.75) is 0 Å². The molecule has 1 aliphatic heterocycles. The Balaban J connectivity index is 1.60. The number of thiophene rings is 1. The highest BCUT2D eigenvalue weighted by Crippen LogP contribution is 2.31. The maximum atomic E-state index is 12.2. The Bertz CT molecular complexity index is 637. The molecule has 0 saturated carbocycles. The van der Waals surface area contributed by atoms with E-state index in [4.69, 9.17) is 10.5 Å². The van der Waals surface area contributed by atoms with E-state index in [0.717, 1.165) is 37.5 Å². The summed E-state index contributed by atoms with van der Waals surface area (Å²) in [4.78, 5) is 19.3. The van der Waals surface area contributed by atoms with Crippen LogP contribution in [0.25, 0.3) is 10.2 Å². The second-order valence-electron chi connectivity index (χ2n) is 4.90. The summed E-state index contributed by atoms with van der Waals surface area (Å²) in [6.07, 6.45) is 1.69. The van der Waals surface area contributed by atoms with Gasteiger partial charge < -0.3 is 15.8 Å². The Morgan fingerprint density at radius 2 is 2.29 bits per heavy atom. The van der Waals surface area contributed by atoms with E-state index in [9.17, 15) is 4.79 Å². The second kappa shape index (κ2) is 6.38. The van der Waals surface area contributed by atoms with Crippen molar-refractivity contribution in [3.63, 3.8) is 0 Å². The number of morpholine rings is 1. The average Bonchev–Trinajstić information content (AvgIpc) is 2.86. The van der Waals surface area contributed by atoms with E-state index < -0.39 is 0 Å². The molecule has 2 aromatic rings. The minimum absolute atomic E-state index is 0.122. The van der Waals surface area contributed by atoms with Gasteiger partial charge >= 0.3 is 0 Å². The van der Waals surface area contributed by atoms with E-state index in [1.165, 1.54) is 11.3 Å². The number of rotatable bonds is 4. The van der Waals surface area contributed by atoms with Gasteiger partial charge in [-0.3, -0.25) is 14.7 Å². The fourth-order valence-corrected chi connectivity index (χ4v) is 3.35. The van der Waals surface area contributed by atoms with Crippen LogP contribution in [0.15, 0.2) is 18.3 Å². The van der Waals surface area contributed by atoms with Gasteiger partial charge in [0.15, 0.2) is 0 Å². The molecule has 0 atom stereocenters. The lowest BCUT2D eigenvalue weighted by Crippen LogP contribution is -2.41. The Morgan fingerprint density at radius 3 is 3.05 bits per heavy atom. The van der Waals surface area contributed by atoms with Gasteiger partial charge in [-0.15, -0.1) is 11.3 Å². The summed E-state index contributed by atoms with van der Waals surface area (Å²) < 4.78 is 6.23. The summed E-state index contributed by atoms with van der Waals surface area (Å²) in [6.45, 7) is 4.82. The van der Waals surface area contributed by atoms with Crippen LogP contribution in [0.1, 0.15) is 9.67 Å². The predicted octanol–water partition coefficient (Wildman–Crippen LogP) is 0.940. The lowest BCUT2D eigenvalue weighted by Gasteiger charge is -2.26. The quantitative estimate of drug-likeness (QED) is 0.879. The zero-order valence-corrected chi connectivity index (χ0v) is 12.5. The van der Waals surface area contributed by atoms with Crippen molar-refractivity contribution < 1.29 is 9.53 Å². The molecule has 0 aliphatic carbocycles. The number of carbonyl (C=O) groups is 1. The van der Waals surface area contributed by atoms with Crippen molar-refractivity contribution in [1.29, 1.82) is 0 Å². The smallest absolute Gasteiger partial charge is 0.263 e.